The van der Waals surface area contributed by atoms with Crippen molar-refractivity contribution in [3.8, 4) is 0 Å². The lowest BCUT2D eigenvalue weighted by Crippen LogP contribution is -2.47. The highest BCUT2D eigenvalue weighted by Crippen LogP contribution is 2.43. The van der Waals surface area contributed by atoms with Crippen LogP contribution in [0.15, 0.2) is 0 Å². The normalized spacial score (nSPS) is 44.7. The molecule has 2 fully saturated rings. The van der Waals surface area contributed by atoms with Crippen LogP contribution in [0, 0.1) is 0 Å². The van der Waals surface area contributed by atoms with Crippen LogP contribution >= 0.6 is 0 Å². The van der Waals surface area contributed by atoms with Gasteiger partial charge in [-0.2, -0.15) is 0 Å². The van der Waals surface area contributed by atoms with Gasteiger partial charge in [0.2, 0.25) is 0 Å². The Morgan fingerprint density at radius 1 is 1.50 bits per heavy atom. The minimum Gasteiger partial charge on any atom is -0.292 e. The topological polar surface area (TPSA) is 3.24 Å². The van der Waals surface area contributed by atoms with Crippen molar-refractivity contribution >= 4 is 0 Å². The predicted octanol–water partition coefficient (Wildman–Crippen LogP) is 1.49. The molecule has 2 rings (SSSR count). The number of hydrogen-bond donors (Lipinski definition) is 0. The highest BCUT2D eigenvalue weighted by Gasteiger charge is 2.54. The number of fused-ring (bicyclic) bond motifs is 1. The van der Waals surface area contributed by atoms with Crippen molar-refractivity contribution in [3.05, 3.63) is 0 Å². The first-order valence-corrected chi connectivity index (χ1v) is 3.75. The number of halogens is 2. The molecule has 2 unspecified atom stereocenters. The molecular formula is C7H11F2N. The van der Waals surface area contributed by atoms with Crippen LogP contribution in [0.3, 0.4) is 0 Å². The van der Waals surface area contributed by atoms with Gasteiger partial charge in [-0.25, -0.2) is 8.78 Å². The summed E-state index contributed by atoms with van der Waals surface area (Å²) in [5, 5.41) is 0. The smallest absolute Gasteiger partial charge is 0.264 e. The van der Waals surface area contributed by atoms with Gasteiger partial charge in [0.25, 0.3) is 5.92 Å². The van der Waals surface area contributed by atoms with Crippen molar-refractivity contribution in [1.82, 2.24) is 4.90 Å². The van der Waals surface area contributed by atoms with Gasteiger partial charge in [0.05, 0.1) is 6.04 Å². The highest BCUT2D eigenvalue weighted by molar-refractivity contribution is 5.02. The summed E-state index contributed by atoms with van der Waals surface area (Å²) in [6, 6.07) is -0.309. The van der Waals surface area contributed by atoms with E-state index in [0.717, 1.165) is 13.0 Å². The summed E-state index contributed by atoms with van der Waals surface area (Å²) >= 11 is 0. The van der Waals surface area contributed by atoms with E-state index in [9.17, 15) is 8.78 Å². The number of nitrogens with zero attached hydrogens (tertiary/aromatic N) is 1. The van der Waals surface area contributed by atoms with Crippen molar-refractivity contribution in [1.29, 1.82) is 0 Å². The molecule has 58 valence electrons. The first-order valence-electron chi connectivity index (χ1n) is 3.75. The van der Waals surface area contributed by atoms with Crippen LogP contribution in [0.25, 0.3) is 0 Å². The first-order chi connectivity index (χ1) is 4.61. The molecule has 0 spiro atoms. The van der Waals surface area contributed by atoms with E-state index in [2.05, 4.69) is 0 Å². The zero-order valence-electron chi connectivity index (χ0n) is 5.98. The maximum Gasteiger partial charge on any atom is 0.264 e. The summed E-state index contributed by atoms with van der Waals surface area (Å²) in [7, 11) is 0. The quantitative estimate of drug-likeness (QED) is 0.501. The minimum absolute atomic E-state index is 0.0914. The van der Waals surface area contributed by atoms with Crippen molar-refractivity contribution in [2.45, 2.75) is 37.8 Å². The molecule has 3 heteroatoms. The Morgan fingerprint density at radius 3 is 2.40 bits per heavy atom. The van der Waals surface area contributed by atoms with Gasteiger partial charge < -0.3 is 0 Å². The molecule has 0 aromatic rings. The highest BCUT2D eigenvalue weighted by atomic mass is 19.3. The Bertz CT molecular complexity index is 158. The molecule has 2 aliphatic heterocycles. The third-order valence-corrected chi connectivity index (χ3v) is 2.81. The molecule has 1 nitrogen and oxygen atoms in total. The molecular weight excluding hydrogens is 136 g/mol. The fraction of sp³-hybridized carbons (Fsp3) is 1.00. The van der Waals surface area contributed by atoms with E-state index in [4.69, 9.17) is 0 Å². The summed E-state index contributed by atoms with van der Waals surface area (Å²) < 4.78 is 25.7. The molecule has 0 aliphatic carbocycles. The van der Waals surface area contributed by atoms with Gasteiger partial charge in [-0.05, 0) is 13.3 Å². The van der Waals surface area contributed by atoms with Gasteiger partial charge in [0.1, 0.15) is 0 Å². The zero-order valence-corrected chi connectivity index (χ0v) is 5.98. The van der Waals surface area contributed by atoms with E-state index < -0.39 is 12.0 Å². The Hall–Kier alpha value is -0.180. The second kappa shape index (κ2) is 1.70. The second-order valence-corrected chi connectivity index (χ2v) is 3.32. The monoisotopic (exact) mass is 147 g/mol. The van der Waals surface area contributed by atoms with Crippen molar-refractivity contribution in [3.63, 3.8) is 0 Å². The molecule has 0 N–H and O–H groups in total. The van der Waals surface area contributed by atoms with Crippen LogP contribution in [0.4, 0.5) is 8.78 Å². The zero-order chi connectivity index (χ0) is 7.35. The molecule has 0 radical (unpaired) electrons. The van der Waals surface area contributed by atoms with Crippen LogP contribution in [0.1, 0.15) is 19.8 Å². The fourth-order valence-electron chi connectivity index (χ4n) is 1.92. The average Bonchev–Trinajstić information content (AvgIpc) is 1.91. The van der Waals surface area contributed by atoms with Gasteiger partial charge in [0, 0.05) is 19.0 Å². The Labute approximate surface area is 59.0 Å². The molecule has 0 bridgehead atoms. The van der Waals surface area contributed by atoms with E-state index in [1.165, 1.54) is 0 Å². The molecule has 0 aromatic carbocycles. The molecule has 2 atom stereocenters. The SMILES string of the molecule is CC1N2CCC2CC1(F)F. The Kier molecular flexibility index (Phi) is 1.11. The minimum atomic E-state index is -2.42. The lowest BCUT2D eigenvalue weighted by Gasteiger charge is -2.37. The molecule has 10 heavy (non-hydrogen) atoms. The molecule has 2 saturated heterocycles. The van der Waals surface area contributed by atoms with E-state index in [1.54, 1.807) is 6.92 Å². The third-order valence-electron chi connectivity index (χ3n) is 2.81. The summed E-state index contributed by atoms with van der Waals surface area (Å²) in [5.41, 5.74) is 0. The van der Waals surface area contributed by atoms with E-state index in [1.807, 2.05) is 4.90 Å². The molecule has 0 saturated carbocycles. The molecule has 0 amide bonds. The summed E-state index contributed by atoms with van der Waals surface area (Å²) in [5.74, 6) is -2.42. The van der Waals surface area contributed by atoms with Gasteiger partial charge >= 0.3 is 0 Å². The Balaban J connectivity index is 2.16. The van der Waals surface area contributed by atoms with E-state index in [-0.39, 0.29) is 12.5 Å². The number of rotatable bonds is 0. The molecule has 2 aliphatic rings. The predicted molar refractivity (Wildman–Crippen MR) is 34.1 cm³/mol. The van der Waals surface area contributed by atoms with Gasteiger partial charge in [0.15, 0.2) is 0 Å². The average molecular weight is 147 g/mol. The largest absolute Gasteiger partial charge is 0.292 e. The molecule has 0 aromatic heterocycles. The van der Waals surface area contributed by atoms with Crippen molar-refractivity contribution < 1.29 is 8.78 Å². The molecule has 2 heterocycles. The summed E-state index contributed by atoms with van der Waals surface area (Å²) in [4.78, 5) is 1.90. The number of hydrogen-bond acceptors (Lipinski definition) is 1. The van der Waals surface area contributed by atoms with Crippen molar-refractivity contribution in [2.75, 3.05) is 6.54 Å². The maximum absolute atomic E-state index is 12.8. The first kappa shape index (κ1) is 6.53. The summed E-state index contributed by atoms with van der Waals surface area (Å²) in [6.45, 7) is 2.50. The van der Waals surface area contributed by atoms with Crippen LogP contribution in [-0.4, -0.2) is 29.5 Å². The van der Waals surface area contributed by atoms with E-state index in [0.29, 0.717) is 0 Å². The van der Waals surface area contributed by atoms with Gasteiger partial charge in [-0.1, -0.05) is 0 Å². The van der Waals surface area contributed by atoms with Crippen LogP contribution in [-0.2, 0) is 0 Å². The second-order valence-electron chi connectivity index (χ2n) is 3.32. The van der Waals surface area contributed by atoms with Gasteiger partial charge in [-0.3, -0.25) is 4.90 Å². The van der Waals surface area contributed by atoms with Crippen molar-refractivity contribution in [2.24, 2.45) is 0 Å². The van der Waals surface area contributed by atoms with Crippen LogP contribution in [0.2, 0.25) is 0 Å². The number of alkyl halides is 2. The lowest BCUT2D eigenvalue weighted by molar-refractivity contribution is -0.0286. The third kappa shape index (κ3) is 0.641. The summed E-state index contributed by atoms with van der Waals surface area (Å²) in [6.07, 6.45) is 1.06. The standard InChI is InChI=1S/C7H11F2N/c1-5-7(8,9)4-6-2-3-10(5)6/h5-6H,2-4H2,1H3. The van der Waals surface area contributed by atoms with Crippen LogP contribution in [0.5, 0.6) is 0 Å². The van der Waals surface area contributed by atoms with Gasteiger partial charge in [-0.15, -0.1) is 0 Å². The Morgan fingerprint density at radius 2 is 2.20 bits per heavy atom. The lowest BCUT2D eigenvalue weighted by atomic mass is 10.0. The fourth-order valence-corrected chi connectivity index (χ4v) is 1.92. The van der Waals surface area contributed by atoms with E-state index >= 15 is 0 Å². The van der Waals surface area contributed by atoms with Crippen LogP contribution < -0.4 is 0 Å². The maximum atomic E-state index is 12.8.